The number of para-hydroxylation sites is 1. The molecule has 8 nitrogen and oxygen atoms in total. The number of unbranched alkanes of at least 4 members (excludes halogenated alkanes) is 1. The Balaban J connectivity index is 2.23. The van der Waals surface area contributed by atoms with Crippen LogP contribution >= 0.6 is 11.3 Å². The summed E-state index contributed by atoms with van der Waals surface area (Å²) in [6, 6.07) is 9.31. The average Bonchev–Trinajstić information content (AvgIpc) is 2.98. The molecule has 1 amide bonds. The van der Waals surface area contributed by atoms with Crippen LogP contribution in [-0.2, 0) is 14.3 Å². The molecule has 0 unspecified atom stereocenters. The molecule has 0 bridgehead atoms. The van der Waals surface area contributed by atoms with E-state index in [1.807, 2.05) is 30.3 Å². The fourth-order valence-electron chi connectivity index (χ4n) is 2.45. The number of esters is 1. The first-order chi connectivity index (χ1) is 12.9. The maximum Gasteiger partial charge on any atom is 0.305 e. The van der Waals surface area contributed by atoms with Crippen molar-refractivity contribution in [3.8, 4) is 0 Å². The number of amides is 1. The topological polar surface area (TPSA) is 124 Å². The van der Waals surface area contributed by atoms with Crippen molar-refractivity contribution in [1.29, 1.82) is 0 Å². The first kappa shape index (κ1) is 20.4. The summed E-state index contributed by atoms with van der Waals surface area (Å²) >= 11 is 1.24. The Morgan fingerprint density at radius 1 is 1.19 bits per heavy atom. The molecule has 0 saturated carbocycles. The predicted octanol–water partition coefficient (Wildman–Crippen LogP) is 2.75. The van der Waals surface area contributed by atoms with Gasteiger partial charge in [-0.3, -0.25) is 14.5 Å². The number of benzene rings is 1. The molecule has 144 valence electrons. The molecule has 1 heterocycles. The second kappa shape index (κ2) is 9.67. The molecule has 0 fully saturated rings. The van der Waals surface area contributed by atoms with E-state index in [4.69, 9.17) is 11.5 Å². The van der Waals surface area contributed by atoms with Crippen molar-refractivity contribution in [2.24, 2.45) is 16.5 Å². The standard InChI is InChI=1S/C18H23N5O3S/c1-12-16(27-18(21-12)22-17(19)20)23(13-8-4-3-5-9-13)14(24)10-6-7-11-15(25)26-2/h3-5,8-9H,6-7,10-11H2,1-2H3,(H4,19,20,21,22). The van der Waals surface area contributed by atoms with Crippen molar-refractivity contribution in [2.75, 3.05) is 12.0 Å². The van der Waals surface area contributed by atoms with Crippen molar-refractivity contribution in [3.05, 3.63) is 36.0 Å². The molecule has 2 aromatic rings. The van der Waals surface area contributed by atoms with Gasteiger partial charge in [0, 0.05) is 18.5 Å². The summed E-state index contributed by atoms with van der Waals surface area (Å²) in [5, 5.41) is 1.06. The molecule has 0 spiro atoms. The number of rotatable bonds is 8. The third-order valence-electron chi connectivity index (χ3n) is 3.70. The minimum atomic E-state index is -0.275. The number of aryl methyl sites for hydroxylation is 1. The van der Waals surface area contributed by atoms with Gasteiger partial charge in [0.25, 0.3) is 0 Å². The molecule has 2 rings (SSSR count). The Hall–Kier alpha value is -2.94. The number of aromatic nitrogens is 1. The zero-order valence-corrected chi connectivity index (χ0v) is 16.2. The Labute approximate surface area is 161 Å². The van der Waals surface area contributed by atoms with Gasteiger partial charge in [-0.2, -0.15) is 4.99 Å². The highest BCUT2D eigenvalue weighted by Gasteiger charge is 2.23. The highest BCUT2D eigenvalue weighted by molar-refractivity contribution is 7.19. The molecule has 0 radical (unpaired) electrons. The Kier molecular flexibility index (Phi) is 7.30. The highest BCUT2D eigenvalue weighted by Crippen LogP contribution is 2.38. The molecule has 0 aliphatic carbocycles. The van der Waals surface area contributed by atoms with Gasteiger partial charge in [0.15, 0.2) is 5.96 Å². The third kappa shape index (κ3) is 5.78. The van der Waals surface area contributed by atoms with Crippen LogP contribution < -0.4 is 16.4 Å². The summed E-state index contributed by atoms with van der Waals surface area (Å²) in [4.78, 5) is 34.1. The van der Waals surface area contributed by atoms with Crippen LogP contribution in [0.2, 0.25) is 0 Å². The lowest BCUT2D eigenvalue weighted by molar-refractivity contribution is -0.140. The first-order valence-electron chi connectivity index (χ1n) is 8.44. The zero-order valence-electron chi connectivity index (χ0n) is 15.3. The van der Waals surface area contributed by atoms with Gasteiger partial charge in [0.2, 0.25) is 11.0 Å². The van der Waals surface area contributed by atoms with E-state index in [0.29, 0.717) is 41.5 Å². The van der Waals surface area contributed by atoms with Gasteiger partial charge in [0.05, 0.1) is 12.8 Å². The van der Waals surface area contributed by atoms with Gasteiger partial charge in [-0.1, -0.05) is 29.5 Å². The maximum absolute atomic E-state index is 12.9. The summed E-state index contributed by atoms with van der Waals surface area (Å²) in [7, 11) is 1.35. The molecule has 1 aromatic carbocycles. The van der Waals surface area contributed by atoms with Crippen LogP contribution in [0.3, 0.4) is 0 Å². The summed E-state index contributed by atoms with van der Waals surface area (Å²) in [6.07, 6.45) is 1.75. The summed E-state index contributed by atoms with van der Waals surface area (Å²) in [5.74, 6) is -0.452. The lowest BCUT2D eigenvalue weighted by Gasteiger charge is -2.21. The Morgan fingerprint density at radius 2 is 1.85 bits per heavy atom. The average molecular weight is 389 g/mol. The van der Waals surface area contributed by atoms with Crippen LogP contribution in [0.25, 0.3) is 0 Å². The third-order valence-corrected chi connectivity index (χ3v) is 4.74. The second-order valence-electron chi connectivity index (χ2n) is 5.77. The lowest BCUT2D eigenvalue weighted by Crippen LogP contribution is -2.25. The highest BCUT2D eigenvalue weighted by atomic mass is 32.1. The molecule has 1 aromatic heterocycles. The number of hydrogen-bond donors (Lipinski definition) is 2. The summed E-state index contributed by atoms with van der Waals surface area (Å²) in [5.41, 5.74) is 12.2. The van der Waals surface area contributed by atoms with Gasteiger partial charge in [-0.15, -0.1) is 0 Å². The van der Waals surface area contributed by atoms with Crippen LogP contribution in [0.5, 0.6) is 0 Å². The smallest absolute Gasteiger partial charge is 0.305 e. The quantitative estimate of drug-likeness (QED) is 0.310. The van der Waals surface area contributed by atoms with Gasteiger partial charge in [-0.25, -0.2) is 4.98 Å². The molecule has 4 N–H and O–H groups in total. The number of hydrogen-bond acceptors (Lipinski definition) is 6. The molecule has 27 heavy (non-hydrogen) atoms. The lowest BCUT2D eigenvalue weighted by atomic mass is 10.1. The van der Waals surface area contributed by atoms with Gasteiger partial charge in [0.1, 0.15) is 5.00 Å². The molecule has 0 aliphatic heterocycles. The van der Waals surface area contributed by atoms with Crippen LogP contribution in [0.4, 0.5) is 15.8 Å². The number of thiazole rings is 1. The number of nitrogens with zero attached hydrogens (tertiary/aromatic N) is 3. The fourth-order valence-corrected chi connectivity index (χ4v) is 3.45. The normalized spacial score (nSPS) is 10.3. The van der Waals surface area contributed by atoms with E-state index in [1.165, 1.54) is 18.4 Å². The van der Waals surface area contributed by atoms with Crippen molar-refractivity contribution in [3.63, 3.8) is 0 Å². The van der Waals surface area contributed by atoms with E-state index in [9.17, 15) is 9.59 Å². The number of guanidine groups is 1. The van der Waals surface area contributed by atoms with Crippen molar-refractivity contribution < 1.29 is 14.3 Å². The van der Waals surface area contributed by atoms with Gasteiger partial charge in [-0.05, 0) is 31.9 Å². The number of nitrogens with two attached hydrogens (primary N) is 2. The molecule has 0 aliphatic rings. The molecule has 9 heteroatoms. The van der Waals surface area contributed by atoms with E-state index in [1.54, 1.807) is 11.8 Å². The second-order valence-corrected chi connectivity index (χ2v) is 6.73. The Bertz CT molecular complexity index is 816. The molecule has 0 atom stereocenters. The van der Waals surface area contributed by atoms with Crippen LogP contribution in [-0.4, -0.2) is 29.9 Å². The number of carbonyl (C=O) groups is 2. The van der Waals surface area contributed by atoms with Gasteiger partial charge >= 0.3 is 5.97 Å². The summed E-state index contributed by atoms with van der Waals surface area (Å²) in [6.45, 7) is 1.80. The Morgan fingerprint density at radius 3 is 2.48 bits per heavy atom. The van der Waals surface area contributed by atoms with E-state index >= 15 is 0 Å². The molecule has 0 saturated heterocycles. The number of methoxy groups -OCH3 is 1. The number of carbonyl (C=O) groups excluding carboxylic acids is 2. The SMILES string of the molecule is COC(=O)CCCCC(=O)N(c1ccccc1)c1sc(N=C(N)N)nc1C. The van der Waals surface area contributed by atoms with E-state index < -0.39 is 0 Å². The minimum absolute atomic E-state index is 0.0873. The van der Waals surface area contributed by atoms with Crippen molar-refractivity contribution in [2.45, 2.75) is 32.6 Å². The maximum atomic E-state index is 12.9. The minimum Gasteiger partial charge on any atom is -0.469 e. The van der Waals surface area contributed by atoms with Crippen LogP contribution in [0.15, 0.2) is 35.3 Å². The van der Waals surface area contributed by atoms with Crippen LogP contribution in [0.1, 0.15) is 31.4 Å². The summed E-state index contributed by atoms with van der Waals surface area (Å²) < 4.78 is 4.62. The largest absolute Gasteiger partial charge is 0.469 e. The predicted molar refractivity (Wildman–Crippen MR) is 106 cm³/mol. The number of anilines is 2. The number of ether oxygens (including phenoxy) is 1. The number of aliphatic imine (C=N–C) groups is 1. The monoisotopic (exact) mass is 389 g/mol. The van der Waals surface area contributed by atoms with Crippen LogP contribution in [0, 0.1) is 6.92 Å². The van der Waals surface area contributed by atoms with Crippen molar-refractivity contribution >= 4 is 45.0 Å². The van der Waals surface area contributed by atoms with Gasteiger partial charge < -0.3 is 16.2 Å². The van der Waals surface area contributed by atoms with E-state index in [0.717, 1.165) is 5.69 Å². The molecular weight excluding hydrogens is 366 g/mol. The first-order valence-corrected chi connectivity index (χ1v) is 9.26. The van der Waals surface area contributed by atoms with E-state index in [2.05, 4.69) is 14.7 Å². The zero-order chi connectivity index (χ0) is 19.8. The van der Waals surface area contributed by atoms with E-state index in [-0.39, 0.29) is 17.8 Å². The molecular formula is C18H23N5O3S. The van der Waals surface area contributed by atoms with Crippen molar-refractivity contribution in [1.82, 2.24) is 4.98 Å². The fraction of sp³-hybridized carbons (Fsp3) is 0.333.